The molecule has 0 bridgehead atoms. The Morgan fingerprint density at radius 3 is 2.45 bits per heavy atom. The van der Waals surface area contributed by atoms with Gasteiger partial charge in [0.2, 0.25) is 0 Å². The van der Waals surface area contributed by atoms with Crippen LogP contribution in [0.1, 0.15) is 27.2 Å². The first-order chi connectivity index (χ1) is 8.98. The minimum atomic E-state index is -3.52. The molecule has 2 atom stereocenters. The maximum absolute atomic E-state index is 11.8. The van der Waals surface area contributed by atoms with E-state index in [0.29, 0.717) is 13.0 Å². The summed E-state index contributed by atoms with van der Waals surface area (Å²) in [5.41, 5.74) is -0.585. The number of nitrogens with zero attached hydrogens (tertiary/aromatic N) is 1. The van der Waals surface area contributed by atoms with Crippen LogP contribution in [0.4, 0.5) is 4.79 Å². The van der Waals surface area contributed by atoms with Crippen LogP contribution in [0.25, 0.3) is 0 Å². The van der Waals surface area contributed by atoms with Gasteiger partial charge in [-0.05, 0) is 27.2 Å². The summed E-state index contributed by atoms with van der Waals surface area (Å²) in [6.45, 7) is 5.77. The maximum Gasteiger partial charge on any atom is 0.410 e. The number of carbonyl (C=O) groups is 1. The monoisotopic (exact) mass is 309 g/mol. The molecule has 7 nitrogen and oxygen atoms in total. The number of aliphatic hydroxyl groups is 1. The molecule has 1 saturated heterocycles. The van der Waals surface area contributed by atoms with Gasteiger partial charge in [-0.3, -0.25) is 4.18 Å². The summed E-state index contributed by atoms with van der Waals surface area (Å²) in [6, 6.07) is 0. The van der Waals surface area contributed by atoms with E-state index in [-0.39, 0.29) is 19.1 Å². The predicted molar refractivity (Wildman–Crippen MR) is 72.7 cm³/mol. The van der Waals surface area contributed by atoms with E-state index in [0.717, 1.165) is 6.26 Å². The average Bonchev–Trinajstić information content (AvgIpc) is 2.23. The molecule has 20 heavy (non-hydrogen) atoms. The molecule has 0 unspecified atom stereocenters. The molecule has 0 aromatic rings. The average molecular weight is 309 g/mol. The van der Waals surface area contributed by atoms with Crippen LogP contribution in [-0.2, 0) is 19.0 Å². The van der Waals surface area contributed by atoms with Gasteiger partial charge in [-0.25, -0.2) is 4.79 Å². The maximum atomic E-state index is 11.8. The standard InChI is InChI=1S/C12H23NO6S/c1-12(2,3)19-11(15)13-6-5-9(10(14)7-13)8-18-20(4,16)17/h9-10,14H,5-8H2,1-4H3/t9-,10-/m1/s1. The molecule has 1 heterocycles. The molecule has 0 saturated carbocycles. The number of piperidine rings is 1. The first kappa shape index (κ1) is 17.2. The van der Waals surface area contributed by atoms with Crippen LogP contribution in [0, 0.1) is 5.92 Å². The molecule has 1 fully saturated rings. The van der Waals surface area contributed by atoms with Crippen LogP contribution >= 0.6 is 0 Å². The lowest BCUT2D eigenvalue weighted by Crippen LogP contribution is -2.49. The van der Waals surface area contributed by atoms with Crippen molar-refractivity contribution < 1.29 is 27.2 Å². The summed E-state index contributed by atoms with van der Waals surface area (Å²) >= 11 is 0. The van der Waals surface area contributed by atoms with Gasteiger partial charge in [-0.15, -0.1) is 0 Å². The highest BCUT2D eigenvalue weighted by Gasteiger charge is 2.33. The molecule has 1 rings (SSSR count). The van der Waals surface area contributed by atoms with Gasteiger partial charge >= 0.3 is 6.09 Å². The second-order valence-corrected chi connectivity index (χ2v) is 7.68. The number of amides is 1. The third kappa shape index (κ3) is 6.06. The predicted octanol–water partition coefficient (Wildman–Crippen LogP) is 0.580. The SMILES string of the molecule is CC(C)(C)OC(=O)N1CC[C@H](COS(C)(=O)=O)[C@H](O)C1. The molecule has 1 aliphatic rings. The third-order valence-corrected chi connectivity index (χ3v) is 3.43. The largest absolute Gasteiger partial charge is 0.444 e. The molecule has 0 aliphatic carbocycles. The summed E-state index contributed by atoms with van der Waals surface area (Å²) < 4.78 is 31.8. The zero-order valence-corrected chi connectivity index (χ0v) is 13.1. The van der Waals surface area contributed by atoms with Crippen LogP contribution < -0.4 is 0 Å². The van der Waals surface area contributed by atoms with Gasteiger partial charge in [0.25, 0.3) is 10.1 Å². The Kier molecular flexibility index (Phi) is 5.39. The van der Waals surface area contributed by atoms with Crippen molar-refractivity contribution in [2.24, 2.45) is 5.92 Å². The van der Waals surface area contributed by atoms with E-state index in [1.165, 1.54) is 4.90 Å². The van der Waals surface area contributed by atoms with Crippen LogP contribution in [0.15, 0.2) is 0 Å². The quantitative estimate of drug-likeness (QED) is 0.767. The highest BCUT2D eigenvalue weighted by molar-refractivity contribution is 7.85. The van der Waals surface area contributed by atoms with E-state index in [2.05, 4.69) is 0 Å². The van der Waals surface area contributed by atoms with Gasteiger partial charge < -0.3 is 14.7 Å². The Balaban J connectivity index is 2.49. The molecule has 118 valence electrons. The van der Waals surface area contributed by atoms with Gasteiger partial charge in [-0.2, -0.15) is 8.42 Å². The van der Waals surface area contributed by atoms with E-state index in [1.807, 2.05) is 0 Å². The molecule has 0 spiro atoms. The molecular weight excluding hydrogens is 286 g/mol. The Bertz CT molecular complexity index is 441. The number of rotatable bonds is 3. The van der Waals surface area contributed by atoms with Crippen LogP contribution in [0.5, 0.6) is 0 Å². The van der Waals surface area contributed by atoms with Gasteiger partial charge in [0.1, 0.15) is 5.60 Å². The van der Waals surface area contributed by atoms with E-state index in [1.54, 1.807) is 20.8 Å². The fraction of sp³-hybridized carbons (Fsp3) is 0.917. The molecular formula is C12H23NO6S. The van der Waals surface area contributed by atoms with Crippen molar-refractivity contribution in [2.45, 2.75) is 38.9 Å². The second-order valence-electron chi connectivity index (χ2n) is 6.03. The fourth-order valence-corrected chi connectivity index (χ4v) is 2.30. The van der Waals surface area contributed by atoms with E-state index in [4.69, 9.17) is 8.92 Å². The summed E-state index contributed by atoms with van der Waals surface area (Å²) in [5, 5.41) is 9.96. The van der Waals surface area contributed by atoms with Crippen LogP contribution in [-0.4, -0.2) is 62.2 Å². The third-order valence-electron chi connectivity index (χ3n) is 2.87. The zero-order valence-electron chi connectivity index (χ0n) is 12.3. The minimum Gasteiger partial charge on any atom is -0.444 e. The number of β-amino-alcohol motifs (C(OH)–C–C–N with tert-alkyl or cyclic N) is 1. The van der Waals surface area contributed by atoms with Crippen molar-refractivity contribution in [1.82, 2.24) is 4.90 Å². The van der Waals surface area contributed by atoms with Crippen molar-refractivity contribution >= 4 is 16.2 Å². The molecule has 1 amide bonds. The summed E-state index contributed by atoms with van der Waals surface area (Å²) in [7, 11) is -3.52. The molecule has 0 aromatic carbocycles. The fourth-order valence-electron chi connectivity index (χ4n) is 1.88. The topological polar surface area (TPSA) is 93.1 Å². The molecule has 1 aliphatic heterocycles. The lowest BCUT2D eigenvalue weighted by molar-refractivity contribution is -0.0205. The van der Waals surface area contributed by atoms with Gasteiger partial charge in [0, 0.05) is 12.5 Å². The summed E-state index contributed by atoms with van der Waals surface area (Å²) in [6.07, 6.45) is 0.141. The van der Waals surface area contributed by atoms with Gasteiger partial charge in [-0.1, -0.05) is 0 Å². The number of carbonyl (C=O) groups excluding carboxylic acids is 1. The normalized spacial score (nSPS) is 24.6. The van der Waals surface area contributed by atoms with Crippen LogP contribution in [0.3, 0.4) is 0 Å². The zero-order chi connectivity index (χ0) is 15.6. The summed E-state index contributed by atoms with van der Waals surface area (Å²) in [5.74, 6) is -0.302. The molecule has 0 aromatic heterocycles. The minimum absolute atomic E-state index is 0.0673. The molecule has 1 N–H and O–H groups in total. The van der Waals surface area contributed by atoms with Crippen molar-refractivity contribution in [3.63, 3.8) is 0 Å². The second kappa shape index (κ2) is 6.28. The summed E-state index contributed by atoms with van der Waals surface area (Å²) in [4.78, 5) is 13.3. The van der Waals surface area contributed by atoms with Crippen molar-refractivity contribution in [3.05, 3.63) is 0 Å². The Morgan fingerprint density at radius 2 is 2.00 bits per heavy atom. The highest BCUT2D eigenvalue weighted by Crippen LogP contribution is 2.21. The number of hydrogen-bond donors (Lipinski definition) is 1. The van der Waals surface area contributed by atoms with Gasteiger partial charge in [0.15, 0.2) is 0 Å². The number of aliphatic hydroxyl groups excluding tert-OH is 1. The van der Waals surface area contributed by atoms with Gasteiger partial charge in [0.05, 0.1) is 25.5 Å². The Morgan fingerprint density at radius 1 is 1.40 bits per heavy atom. The number of hydrogen-bond acceptors (Lipinski definition) is 6. The Hall–Kier alpha value is -0.860. The lowest BCUT2D eigenvalue weighted by atomic mass is 9.95. The number of likely N-dealkylation sites (tertiary alicyclic amines) is 1. The van der Waals surface area contributed by atoms with E-state index in [9.17, 15) is 18.3 Å². The molecule has 0 radical (unpaired) electrons. The van der Waals surface area contributed by atoms with Crippen molar-refractivity contribution in [1.29, 1.82) is 0 Å². The Labute approximate surface area is 120 Å². The van der Waals surface area contributed by atoms with Crippen molar-refractivity contribution in [2.75, 3.05) is 26.0 Å². The smallest absolute Gasteiger partial charge is 0.410 e. The van der Waals surface area contributed by atoms with Crippen LogP contribution in [0.2, 0.25) is 0 Å². The molecule has 8 heteroatoms. The lowest BCUT2D eigenvalue weighted by Gasteiger charge is -2.36. The highest BCUT2D eigenvalue weighted by atomic mass is 32.2. The van der Waals surface area contributed by atoms with Crippen molar-refractivity contribution in [3.8, 4) is 0 Å². The first-order valence-electron chi connectivity index (χ1n) is 6.48. The van der Waals surface area contributed by atoms with E-state index < -0.39 is 27.9 Å². The number of ether oxygens (including phenoxy) is 1. The van der Waals surface area contributed by atoms with E-state index >= 15 is 0 Å². The first-order valence-corrected chi connectivity index (χ1v) is 8.30.